The van der Waals surface area contributed by atoms with Gasteiger partial charge in [-0.25, -0.2) is 9.97 Å². The maximum absolute atomic E-state index is 11.7. The summed E-state index contributed by atoms with van der Waals surface area (Å²) in [6, 6.07) is 0. The number of hydrogen-bond acceptors (Lipinski definition) is 6. The van der Waals surface area contributed by atoms with Crippen LogP contribution in [-0.4, -0.2) is 22.4 Å². The maximum atomic E-state index is 11.7. The predicted octanol–water partition coefficient (Wildman–Crippen LogP) is 1.78. The highest BCUT2D eigenvalue weighted by Gasteiger charge is 2.06. The van der Waals surface area contributed by atoms with Crippen LogP contribution in [0.4, 0.5) is 5.13 Å². The first-order chi connectivity index (χ1) is 9.13. The smallest absolute Gasteiger partial charge is 0.226 e. The number of nitrogens with zero attached hydrogens (tertiary/aromatic N) is 2. The van der Waals surface area contributed by atoms with Gasteiger partial charge in [0, 0.05) is 17.3 Å². The predicted molar refractivity (Wildman–Crippen MR) is 78.4 cm³/mol. The number of carbonyl (C=O) groups excluding carboxylic acids is 1. The van der Waals surface area contributed by atoms with Crippen LogP contribution in [0.1, 0.15) is 22.8 Å². The molecule has 19 heavy (non-hydrogen) atoms. The van der Waals surface area contributed by atoms with Crippen molar-refractivity contribution in [3.05, 3.63) is 27.2 Å². The second-order valence-electron chi connectivity index (χ2n) is 4.17. The number of thiazole rings is 2. The number of nitrogens with two attached hydrogens (primary N) is 1. The molecule has 2 aromatic rings. The first-order valence-corrected chi connectivity index (χ1v) is 7.77. The van der Waals surface area contributed by atoms with Crippen LogP contribution in [0.2, 0.25) is 0 Å². The van der Waals surface area contributed by atoms with Gasteiger partial charge in [0.05, 0.1) is 22.8 Å². The number of anilines is 1. The van der Waals surface area contributed by atoms with Gasteiger partial charge in [0.1, 0.15) is 0 Å². The van der Waals surface area contributed by atoms with E-state index in [2.05, 4.69) is 15.3 Å². The third-order valence-electron chi connectivity index (χ3n) is 2.51. The van der Waals surface area contributed by atoms with Crippen LogP contribution in [0.3, 0.4) is 0 Å². The van der Waals surface area contributed by atoms with Gasteiger partial charge in [-0.2, -0.15) is 0 Å². The van der Waals surface area contributed by atoms with Crippen LogP contribution in [0.15, 0.2) is 10.8 Å². The standard InChI is InChI=1S/C12H16N4OS2/c1-8-15-10(7-18-8)5-11(17)14-4-2-3-9-6-19-12(13)16-9/h6-7H,2-5H2,1H3,(H2,13,16)(H,14,17). The SMILES string of the molecule is Cc1nc(CC(=O)NCCCc2csc(N)n2)cs1. The quantitative estimate of drug-likeness (QED) is 0.796. The molecule has 0 saturated carbocycles. The molecule has 0 bridgehead atoms. The van der Waals surface area contributed by atoms with Gasteiger partial charge >= 0.3 is 0 Å². The fraction of sp³-hybridized carbons (Fsp3) is 0.417. The summed E-state index contributed by atoms with van der Waals surface area (Å²) in [5.74, 6) is 0.0168. The molecule has 0 radical (unpaired) electrons. The van der Waals surface area contributed by atoms with Crippen LogP contribution in [0.25, 0.3) is 0 Å². The lowest BCUT2D eigenvalue weighted by molar-refractivity contribution is -0.120. The van der Waals surface area contributed by atoms with Gasteiger partial charge in [0.25, 0.3) is 0 Å². The van der Waals surface area contributed by atoms with E-state index in [1.807, 2.05) is 17.7 Å². The normalized spacial score (nSPS) is 10.6. The van der Waals surface area contributed by atoms with E-state index < -0.39 is 0 Å². The molecule has 3 N–H and O–H groups in total. The van der Waals surface area contributed by atoms with Crippen LogP contribution in [0.5, 0.6) is 0 Å². The molecule has 0 spiro atoms. The van der Waals surface area contributed by atoms with Crippen molar-refractivity contribution in [2.45, 2.75) is 26.2 Å². The van der Waals surface area contributed by atoms with Crippen molar-refractivity contribution in [2.24, 2.45) is 0 Å². The lowest BCUT2D eigenvalue weighted by Crippen LogP contribution is -2.26. The molecule has 5 nitrogen and oxygen atoms in total. The summed E-state index contributed by atoms with van der Waals surface area (Å²) in [6.07, 6.45) is 2.06. The number of rotatable bonds is 6. The number of carbonyl (C=O) groups is 1. The van der Waals surface area contributed by atoms with Crippen molar-refractivity contribution in [1.29, 1.82) is 0 Å². The van der Waals surface area contributed by atoms with Crippen molar-refractivity contribution in [3.8, 4) is 0 Å². The number of nitrogens with one attached hydrogen (secondary N) is 1. The van der Waals surface area contributed by atoms with Gasteiger partial charge in [-0.15, -0.1) is 22.7 Å². The molecule has 0 fully saturated rings. The van der Waals surface area contributed by atoms with E-state index in [1.54, 1.807) is 11.3 Å². The third-order valence-corrected chi connectivity index (χ3v) is 4.05. The highest BCUT2D eigenvalue weighted by Crippen LogP contribution is 2.12. The van der Waals surface area contributed by atoms with E-state index in [-0.39, 0.29) is 5.91 Å². The van der Waals surface area contributed by atoms with E-state index in [9.17, 15) is 4.79 Å². The van der Waals surface area contributed by atoms with Gasteiger partial charge in [0.2, 0.25) is 5.91 Å². The molecule has 1 amide bonds. The first-order valence-electron chi connectivity index (χ1n) is 6.01. The molecule has 2 rings (SSSR count). The summed E-state index contributed by atoms with van der Waals surface area (Å²) in [4.78, 5) is 20.1. The maximum Gasteiger partial charge on any atom is 0.226 e. The Morgan fingerprint density at radius 2 is 2.11 bits per heavy atom. The van der Waals surface area contributed by atoms with Crippen molar-refractivity contribution >= 4 is 33.7 Å². The van der Waals surface area contributed by atoms with Gasteiger partial charge in [-0.3, -0.25) is 4.79 Å². The van der Waals surface area contributed by atoms with Gasteiger partial charge in [-0.1, -0.05) is 0 Å². The molecule has 0 aromatic carbocycles. The lowest BCUT2D eigenvalue weighted by atomic mass is 10.2. The molecule has 0 aliphatic rings. The summed E-state index contributed by atoms with van der Waals surface area (Å²) < 4.78 is 0. The molecule has 0 saturated heterocycles. The fourth-order valence-corrected chi connectivity index (χ4v) is 2.86. The number of aromatic nitrogens is 2. The number of aryl methyl sites for hydroxylation is 2. The zero-order valence-electron chi connectivity index (χ0n) is 10.7. The van der Waals surface area contributed by atoms with Gasteiger partial charge in [0.15, 0.2) is 5.13 Å². The highest BCUT2D eigenvalue weighted by atomic mass is 32.1. The van der Waals surface area contributed by atoms with Crippen LogP contribution in [0, 0.1) is 6.92 Å². The Morgan fingerprint density at radius 1 is 1.32 bits per heavy atom. The largest absolute Gasteiger partial charge is 0.375 e. The molecule has 0 atom stereocenters. The summed E-state index contributed by atoms with van der Waals surface area (Å²) in [7, 11) is 0. The second kappa shape index (κ2) is 6.63. The molecular weight excluding hydrogens is 280 g/mol. The summed E-state index contributed by atoms with van der Waals surface area (Å²) >= 11 is 3.01. The van der Waals surface area contributed by atoms with Crippen molar-refractivity contribution in [3.63, 3.8) is 0 Å². The van der Waals surface area contributed by atoms with E-state index >= 15 is 0 Å². The van der Waals surface area contributed by atoms with E-state index in [1.165, 1.54) is 11.3 Å². The van der Waals surface area contributed by atoms with Gasteiger partial charge < -0.3 is 11.1 Å². The van der Waals surface area contributed by atoms with Crippen LogP contribution < -0.4 is 11.1 Å². The number of hydrogen-bond donors (Lipinski definition) is 2. The Balaban J connectivity index is 1.64. The highest BCUT2D eigenvalue weighted by molar-refractivity contribution is 7.13. The molecule has 0 aliphatic heterocycles. The Bertz CT molecular complexity index is 549. The summed E-state index contributed by atoms with van der Waals surface area (Å²) in [5, 5.41) is 8.35. The average molecular weight is 296 g/mol. The molecule has 2 heterocycles. The van der Waals surface area contributed by atoms with Crippen molar-refractivity contribution in [1.82, 2.24) is 15.3 Å². The van der Waals surface area contributed by atoms with Gasteiger partial charge in [-0.05, 0) is 19.8 Å². The fourth-order valence-electron chi connectivity index (χ4n) is 1.65. The van der Waals surface area contributed by atoms with E-state index in [4.69, 9.17) is 5.73 Å². The topological polar surface area (TPSA) is 80.9 Å². The van der Waals surface area contributed by atoms with Crippen LogP contribution in [-0.2, 0) is 17.6 Å². The second-order valence-corrected chi connectivity index (χ2v) is 6.12. The molecule has 2 aromatic heterocycles. The molecule has 7 heteroatoms. The van der Waals surface area contributed by atoms with Crippen LogP contribution >= 0.6 is 22.7 Å². The Kier molecular flexibility index (Phi) is 4.86. The van der Waals surface area contributed by atoms with Crippen molar-refractivity contribution < 1.29 is 4.79 Å². The Labute approximate surface area is 119 Å². The van der Waals surface area contributed by atoms with Crippen molar-refractivity contribution in [2.75, 3.05) is 12.3 Å². The molecule has 0 aliphatic carbocycles. The summed E-state index contributed by atoms with van der Waals surface area (Å²) in [6.45, 7) is 2.59. The Hall–Kier alpha value is -1.47. The number of amides is 1. The van der Waals surface area contributed by atoms with E-state index in [0.717, 1.165) is 29.2 Å². The minimum Gasteiger partial charge on any atom is -0.375 e. The first kappa shape index (κ1) is 14.0. The number of nitrogen functional groups attached to an aromatic ring is 1. The average Bonchev–Trinajstić information content (AvgIpc) is 2.94. The monoisotopic (exact) mass is 296 g/mol. The zero-order chi connectivity index (χ0) is 13.7. The molecular formula is C12H16N4OS2. The minimum atomic E-state index is 0.0168. The van der Waals surface area contributed by atoms with E-state index in [0.29, 0.717) is 18.1 Å². The zero-order valence-corrected chi connectivity index (χ0v) is 12.3. The molecule has 102 valence electrons. The minimum absolute atomic E-state index is 0.0168. The Morgan fingerprint density at radius 3 is 2.74 bits per heavy atom. The summed E-state index contributed by atoms with van der Waals surface area (Å²) in [5.41, 5.74) is 7.38. The molecule has 0 unspecified atom stereocenters. The third kappa shape index (κ3) is 4.60. The lowest BCUT2D eigenvalue weighted by Gasteiger charge is -2.02.